The van der Waals surface area contributed by atoms with E-state index in [2.05, 4.69) is 6.08 Å². The Labute approximate surface area is 171 Å². The highest BCUT2D eigenvalue weighted by Crippen LogP contribution is 2.44. The van der Waals surface area contributed by atoms with Crippen LogP contribution in [0.5, 0.6) is 0 Å². The lowest BCUT2D eigenvalue weighted by Gasteiger charge is -2.37. The van der Waals surface area contributed by atoms with E-state index in [9.17, 15) is 18.0 Å². The molecule has 2 saturated carbocycles. The molecule has 0 radical (unpaired) electrons. The molecule has 0 aliphatic heterocycles. The molecule has 0 bridgehead atoms. The Bertz CT molecular complexity index is 677. The number of hydrogen-bond donors (Lipinski definition) is 1. The van der Waals surface area contributed by atoms with E-state index < -0.39 is 17.7 Å². The smallest absolute Gasteiger partial charge is 0.416 e. The second-order valence-corrected chi connectivity index (χ2v) is 8.77. The van der Waals surface area contributed by atoms with E-state index >= 15 is 0 Å². The first-order valence-corrected chi connectivity index (χ1v) is 10.9. The summed E-state index contributed by atoms with van der Waals surface area (Å²) in [6, 6.07) is 5.75. The van der Waals surface area contributed by atoms with E-state index in [4.69, 9.17) is 5.11 Å². The summed E-state index contributed by atoms with van der Waals surface area (Å²) < 4.78 is 38.2. The maximum Gasteiger partial charge on any atom is 0.416 e. The number of benzene rings is 1. The van der Waals surface area contributed by atoms with Crippen LogP contribution >= 0.6 is 0 Å². The van der Waals surface area contributed by atoms with Crippen molar-refractivity contribution in [1.29, 1.82) is 0 Å². The van der Waals surface area contributed by atoms with Gasteiger partial charge >= 0.3 is 12.1 Å². The molecule has 29 heavy (non-hydrogen) atoms. The van der Waals surface area contributed by atoms with Crippen LogP contribution in [0.15, 0.2) is 36.4 Å². The lowest BCUT2D eigenvalue weighted by molar-refractivity contribution is -0.138. The Balaban J connectivity index is 1.42. The van der Waals surface area contributed by atoms with Crippen LogP contribution in [0.2, 0.25) is 0 Å². The van der Waals surface area contributed by atoms with Gasteiger partial charge in [0, 0.05) is 6.42 Å². The lowest BCUT2D eigenvalue weighted by atomic mass is 9.68. The number of halogens is 3. The number of allylic oxidation sites excluding steroid dienone is 2. The molecule has 3 rings (SSSR count). The van der Waals surface area contributed by atoms with Gasteiger partial charge in [-0.1, -0.05) is 24.3 Å². The van der Waals surface area contributed by atoms with Gasteiger partial charge in [-0.2, -0.15) is 13.2 Å². The molecular formula is C24H31F3O2. The third kappa shape index (κ3) is 6.35. The van der Waals surface area contributed by atoms with Gasteiger partial charge < -0.3 is 5.11 Å². The third-order valence-corrected chi connectivity index (χ3v) is 6.90. The summed E-state index contributed by atoms with van der Waals surface area (Å²) in [4.78, 5) is 10.6. The third-order valence-electron chi connectivity index (χ3n) is 6.90. The molecule has 0 amide bonds. The normalized spacial score (nSPS) is 28.5. The monoisotopic (exact) mass is 408 g/mol. The fourth-order valence-electron chi connectivity index (χ4n) is 5.17. The topological polar surface area (TPSA) is 37.3 Å². The average molecular weight is 409 g/mol. The van der Waals surface area contributed by atoms with Crippen molar-refractivity contribution >= 4 is 5.97 Å². The van der Waals surface area contributed by atoms with E-state index in [1.54, 1.807) is 12.1 Å². The maximum absolute atomic E-state index is 12.7. The summed E-state index contributed by atoms with van der Waals surface area (Å²) in [6.45, 7) is 0. The first-order chi connectivity index (χ1) is 13.8. The van der Waals surface area contributed by atoms with Gasteiger partial charge in [0.2, 0.25) is 0 Å². The van der Waals surface area contributed by atoms with Crippen LogP contribution in [0.1, 0.15) is 81.3 Å². The van der Waals surface area contributed by atoms with E-state index in [1.165, 1.54) is 50.7 Å². The number of carbonyl (C=O) groups is 1. The fraction of sp³-hybridized carbons (Fsp3) is 0.625. The molecule has 0 aromatic heterocycles. The Morgan fingerprint density at radius 1 is 0.931 bits per heavy atom. The first kappa shape index (κ1) is 21.9. The summed E-state index contributed by atoms with van der Waals surface area (Å²) in [5.74, 6) is 1.75. The molecule has 0 saturated heterocycles. The number of aliphatic carboxylic acids is 1. The van der Waals surface area contributed by atoms with Crippen LogP contribution < -0.4 is 0 Å². The number of hydrogen-bond acceptors (Lipinski definition) is 1. The molecule has 0 atom stereocenters. The molecule has 1 aromatic rings. The van der Waals surface area contributed by atoms with Gasteiger partial charge in [0.15, 0.2) is 0 Å². The summed E-state index contributed by atoms with van der Waals surface area (Å²) in [6.07, 6.45) is 10.1. The number of alkyl halides is 3. The summed E-state index contributed by atoms with van der Waals surface area (Å²) in [5, 5.41) is 8.69. The molecule has 0 spiro atoms. The zero-order valence-corrected chi connectivity index (χ0v) is 16.8. The van der Waals surface area contributed by atoms with E-state index in [0.717, 1.165) is 30.2 Å². The quantitative estimate of drug-likeness (QED) is 0.505. The van der Waals surface area contributed by atoms with Gasteiger partial charge in [0.1, 0.15) is 0 Å². The minimum absolute atomic E-state index is 0.202. The van der Waals surface area contributed by atoms with Gasteiger partial charge in [0.05, 0.1) is 5.56 Å². The molecule has 160 valence electrons. The van der Waals surface area contributed by atoms with Crippen molar-refractivity contribution < 1.29 is 23.1 Å². The van der Waals surface area contributed by atoms with Gasteiger partial charge in [-0.15, -0.1) is 0 Å². The van der Waals surface area contributed by atoms with Crippen LogP contribution in [0.4, 0.5) is 13.2 Å². The molecule has 5 heteroatoms. The second kappa shape index (κ2) is 9.82. The van der Waals surface area contributed by atoms with Crippen molar-refractivity contribution in [1.82, 2.24) is 0 Å². The van der Waals surface area contributed by atoms with Crippen LogP contribution in [0.3, 0.4) is 0 Å². The first-order valence-electron chi connectivity index (χ1n) is 10.9. The summed E-state index contributed by atoms with van der Waals surface area (Å²) >= 11 is 0. The van der Waals surface area contributed by atoms with Crippen molar-refractivity contribution in [2.24, 2.45) is 17.8 Å². The molecule has 2 fully saturated rings. The van der Waals surface area contributed by atoms with Crippen molar-refractivity contribution in [3.63, 3.8) is 0 Å². The van der Waals surface area contributed by atoms with E-state index in [0.29, 0.717) is 18.3 Å². The lowest BCUT2D eigenvalue weighted by Crippen LogP contribution is -2.25. The highest BCUT2D eigenvalue weighted by atomic mass is 19.4. The molecule has 1 aromatic carbocycles. The fourth-order valence-corrected chi connectivity index (χ4v) is 5.17. The van der Waals surface area contributed by atoms with Crippen LogP contribution in [-0.4, -0.2) is 11.1 Å². The standard InChI is InChI=1S/C24H31F3O2/c25-24(26,27)22-15-13-21(14-16-22)20-11-9-19(10-12-20)18-7-5-17(6-8-18)3-1-2-4-23(28)29/h1,3,13-20H,2,4-12H2,(H,28,29). The second-order valence-electron chi connectivity index (χ2n) is 8.77. The van der Waals surface area contributed by atoms with Crippen LogP contribution in [-0.2, 0) is 11.0 Å². The zero-order valence-electron chi connectivity index (χ0n) is 16.8. The van der Waals surface area contributed by atoms with Crippen molar-refractivity contribution in [3.8, 4) is 0 Å². The van der Waals surface area contributed by atoms with Crippen molar-refractivity contribution in [2.45, 2.75) is 76.3 Å². The molecule has 1 N–H and O–H groups in total. The van der Waals surface area contributed by atoms with Crippen LogP contribution in [0, 0.1) is 17.8 Å². The number of rotatable bonds is 6. The molecule has 2 aliphatic carbocycles. The van der Waals surface area contributed by atoms with Crippen LogP contribution in [0.25, 0.3) is 0 Å². The van der Waals surface area contributed by atoms with E-state index in [-0.39, 0.29) is 6.42 Å². The van der Waals surface area contributed by atoms with Crippen molar-refractivity contribution in [2.75, 3.05) is 0 Å². The summed E-state index contributed by atoms with van der Waals surface area (Å²) in [7, 11) is 0. The molecule has 2 aliphatic rings. The van der Waals surface area contributed by atoms with Gasteiger partial charge in [-0.3, -0.25) is 4.79 Å². The number of carboxylic acids is 1. The maximum atomic E-state index is 12.7. The molecular weight excluding hydrogens is 377 g/mol. The molecule has 2 nitrogen and oxygen atoms in total. The Kier molecular flexibility index (Phi) is 7.42. The molecule has 0 unspecified atom stereocenters. The minimum atomic E-state index is -4.26. The SMILES string of the molecule is O=C(O)CCC=CC1CCC(C2CCC(c3ccc(C(F)(F)F)cc3)CC2)CC1. The Morgan fingerprint density at radius 3 is 2.00 bits per heavy atom. The zero-order chi connectivity index (χ0) is 20.9. The largest absolute Gasteiger partial charge is 0.481 e. The number of carboxylic acid groups (broad SMARTS) is 1. The highest BCUT2D eigenvalue weighted by Gasteiger charge is 2.32. The Morgan fingerprint density at radius 2 is 1.48 bits per heavy atom. The van der Waals surface area contributed by atoms with Gasteiger partial charge in [-0.25, -0.2) is 0 Å². The van der Waals surface area contributed by atoms with E-state index in [1.807, 2.05) is 6.08 Å². The average Bonchev–Trinajstić information content (AvgIpc) is 2.71. The van der Waals surface area contributed by atoms with Crippen molar-refractivity contribution in [3.05, 3.63) is 47.5 Å². The van der Waals surface area contributed by atoms with Gasteiger partial charge in [0.25, 0.3) is 0 Å². The Hall–Kier alpha value is -1.78. The highest BCUT2D eigenvalue weighted by molar-refractivity contribution is 5.66. The predicted molar refractivity (Wildman–Crippen MR) is 108 cm³/mol. The summed E-state index contributed by atoms with van der Waals surface area (Å²) in [5.41, 5.74) is 0.482. The molecule has 0 heterocycles. The predicted octanol–water partition coefficient (Wildman–Crippen LogP) is 7.21. The van der Waals surface area contributed by atoms with Gasteiger partial charge in [-0.05, 0) is 99.2 Å². The minimum Gasteiger partial charge on any atom is -0.481 e.